The minimum absolute atomic E-state index is 0.719. The standard InChI is InChI=1S/C23H33N7S/c1-24-22(30-12-8-20(18-30)19-31-21-6-3-2-4-7-21)27-11-13-28-14-16-29(17-15-28)23-25-9-5-10-26-23/h2-7,9-10,20H,8,11-19H2,1H3,(H,24,27). The van der Waals surface area contributed by atoms with Crippen molar-refractivity contribution in [3.8, 4) is 0 Å². The number of rotatable bonds is 7. The number of nitrogens with zero attached hydrogens (tertiary/aromatic N) is 6. The first-order valence-electron chi connectivity index (χ1n) is 11.2. The lowest BCUT2D eigenvalue weighted by Crippen LogP contribution is -2.50. The van der Waals surface area contributed by atoms with Gasteiger partial charge in [0, 0.05) is 82.4 Å². The lowest BCUT2D eigenvalue weighted by Gasteiger charge is -2.34. The fraction of sp³-hybridized carbons (Fsp3) is 0.522. The summed E-state index contributed by atoms with van der Waals surface area (Å²) in [5, 5.41) is 3.59. The molecule has 166 valence electrons. The maximum absolute atomic E-state index is 4.54. The summed E-state index contributed by atoms with van der Waals surface area (Å²) in [6.45, 7) is 8.18. The zero-order valence-electron chi connectivity index (χ0n) is 18.4. The van der Waals surface area contributed by atoms with Crippen LogP contribution >= 0.6 is 11.8 Å². The molecule has 7 nitrogen and oxygen atoms in total. The minimum atomic E-state index is 0.719. The van der Waals surface area contributed by atoms with E-state index < -0.39 is 0 Å². The van der Waals surface area contributed by atoms with Crippen LogP contribution in [-0.2, 0) is 0 Å². The van der Waals surface area contributed by atoms with Crippen molar-refractivity contribution >= 4 is 23.7 Å². The van der Waals surface area contributed by atoms with E-state index in [-0.39, 0.29) is 0 Å². The second-order valence-electron chi connectivity index (χ2n) is 8.08. The van der Waals surface area contributed by atoms with Crippen LogP contribution < -0.4 is 10.2 Å². The Bertz CT molecular complexity index is 809. The zero-order valence-corrected chi connectivity index (χ0v) is 19.2. The first-order chi connectivity index (χ1) is 15.3. The van der Waals surface area contributed by atoms with Gasteiger partial charge in [0.25, 0.3) is 0 Å². The largest absolute Gasteiger partial charge is 0.355 e. The topological polar surface area (TPSA) is 59.9 Å². The van der Waals surface area contributed by atoms with E-state index in [0.29, 0.717) is 0 Å². The van der Waals surface area contributed by atoms with Crippen LogP contribution in [0.2, 0.25) is 0 Å². The first-order valence-corrected chi connectivity index (χ1v) is 12.2. The van der Waals surface area contributed by atoms with E-state index in [1.165, 1.54) is 17.1 Å². The summed E-state index contributed by atoms with van der Waals surface area (Å²) in [6.07, 6.45) is 4.87. The SMILES string of the molecule is CN=C(NCCN1CCN(c2ncccn2)CC1)N1CCC(CSc2ccccc2)C1. The van der Waals surface area contributed by atoms with Crippen molar-refractivity contribution in [3.63, 3.8) is 0 Å². The number of aromatic nitrogens is 2. The third-order valence-corrected chi connectivity index (χ3v) is 7.19. The number of hydrogen-bond donors (Lipinski definition) is 1. The molecule has 0 bridgehead atoms. The molecule has 8 heteroatoms. The van der Waals surface area contributed by atoms with Crippen LogP contribution in [0.25, 0.3) is 0 Å². The second-order valence-corrected chi connectivity index (χ2v) is 9.17. The molecule has 1 unspecified atom stereocenters. The average molecular weight is 440 g/mol. The van der Waals surface area contributed by atoms with Gasteiger partial charge in [0.15, 0.2) is 5.96 Å². The molecule has 0 amide bonds. The predicted molar refractivity (Wildman–Crippen MR) is 129 cm³/mol. The molecule has 4 rings (SSSR count). The monoisotopic (exact) mass is 439 g/mol. The van der Waals surface area contributed by atoms with Gasteiger partial charge in [-0.15, -0.1) is 11.8 Å². The van der Waals surface area contributed by atoms with E-state index >= 15 is 0 Å². The van der Waals surface area contributed by atoms with Gasteiger partial charge in [-0.1, -0.05) is 18.2 Å². The molecule has 2 aliphatic rings. The normalized spacial score (nSPS) is 20.3. The highest BCUT2D eigenvalue weighted by Crippen LogP contribution is 2.25. The van der Waals surface area contributed by atoms with Crippen LogP contribution in [0.1, 0.15) is 6.42 Å². The molecule has 0 spiro atoms. The van der Waals surface area contributed by atoms with Gasteiger partial charge in [-0.2, -0.15) is 0 Å². The van der Waals surface area contributed by atoms with Gasteiger partial charge in [0.2, 0.25) is 5.95 Å². The van der Waals surface area contributed by atoms with Gasteiger partial charge in [-0.05, 0) is 30.5 Å². The molecule has 2 saturated heterocycles. The number of aliphatic imine (C=N–C) groups is 1. The van der Waals surface area contributed by atoms with Crippen LogP contribution in [0, 0.1) is 5.92 Å². The summed E-state index contributed by atoms with van der Waals surface area (Å²) >= 11 is 1.97. The number of hydrogen-bond acceptors (Lipinski definition) is 6. The molecule has 31 heavy (non-hydrogen) atoms. The Morgan fingerprint density at radius 2 is 1.84 bits per heavy atom. The van der Waals surface area contributed by atoms with Gasteiger partial charge in [0.05, 0.1) is 0 Å². The van der Waals surface area contributed by atoms with E-state index in [9.17, 15) is 0 Å². The molecule has 1 aromatic heterocycles. The Morgan fingerprint density at radius 1 is 1.06 bits per heavy atom. The summed E-state index contributed by atoms with van der Waals surface area (Å²) in [4.78, 5) is 21.8. The predicted octanol–water partition coefficient (Wildman–Crippen LogP) is 2.29. The Hall–Kier alpha value is -2.32. The molecule has 0 radical (unpaired) electrons. The summed E-state index contributed by atoms with van der Waals surface area (Å²) in [6, 6.07) is 12.6. The van der Waals surface area contributed by atoms with Gasteiger partial charge in [0.1, 0.15) is 0 Å². The van der Waals surface area contributed by atoms with E-state index in [2.05, 4.69) is 65.3 Å². The second kappa shape index (κ2) is 11.3. The molecular weight excluding hydrogens is 406 g/mol. The van der Waals surface area contributed by atoms with Crippen LogP contribution in [0.3, 0.4) is 0 Å². The van der Waals surface area contributed by atoms with Crippen LogP contribution in [-0.4, -0.2) is 90.9 Å². The molecule has 2 aliphatic heterocycles. The minimum Gasteiger partial charge on any atom is -0.355 e. The third kappa shape index (κ3) is 6.33. The summed E-state index contributed by atoms with van der Waals surface area (Å²) in [5.41, 5.74) is 0. The van der Waals surface area contributed by atoms with E-state index in [1.54, 1.807) is 0 Å². The highest BCUT2D eigenvalue weighted by atomic mass is 32.2. The number of thioether (sulfide) groups is 1. The Labute approximate surface area is 190 Å². The molecule has 2 aromatic rings. The van der Waals surface area contributed by atoms with Crippen LogP contribution in [0.5, 0.6) is 0 Å². The Morgan fingerprint density at radius 3 is 2.58 bits per heavy atom. The van der Waals surface area contributed by atoms with Gasteiger partial charge in [-0.25, -0.2) is 9.97 Å². The van der Waals surface area contributed by atoms with E-state index in [0.717, 1.165) is 70.2 Å². The van der Waals surface area contributed by atoms with Gasteiger partial charge >= 0.3 is 0 Å². The maximum atomic E-state index is 4.54. The Kier molecular flexibility index (Phi) is 8.01. The third-order valence-electron chi connectivity index (χ3n) is 5.94. The molecule has 2 fully saturated rings. The highest BCUT2D eigenvalue weighted by molar-refractivity contribution is 7.99. The van der Waals surface area contributed by atoms with Crippen molar-refractivity contribution in [3.05, 3.63) is 48.8 Å². The molecule has 3 heterocycles. The number of likely N-dealkylation sites (tertiary alicyclic amines) is 1. The van der Waals surface area contributed by atoms with Crippen molar-refractivity contribution in [2.24, 2.45) is 10.9 Å². The van der Waals surface area contributed by atoms with Crippen molar-refractivity contribution < 1.29 is 0 Å². The van der Waals surface area contributed by atoms with Gasteiger partial charge < -0.3 is 15.1 Å². The van der Waals surface area contributed by atoms with Crippen LogP contribution in [0.4, 0.5) is 5.95 Å². The number of anilines is 1. The molecule has 0 saturated carbocycles. The summed E-state index contributed by atoms with van der Waals surface area (Å²) in [7, 11) is 1.90. The van der Waals surface area contributed by atoms with E-state index in [4.69, 9.17) is 0 Å². The lowest BCUT2D eigenvalue weighted by molar-refractivity contribution is 0.259. The first kappa shape index (κ1) is 21.9. The van der Waals surface area contributed by atoms with Crippen molar-refractivity contribution in [2.45, 2.75) is 11.3 Å². The van der Waals surface area contributed by atoms with Gasteiger partial charge in [-0.3, -0.25) is 9.89 Å². The molecular formula is C23H33N7S. The molecule has 1 N–H and O–H groups in total. The number of benzene rings is 1. The molecule has 1 atom stereocenters. The fourth-order valence-electron chi connectivity index (χ4n) is 4.18. The van der Waals surface area contributed by atoms with Crippen LogP contribution in [0.15, 0.2) is 58.7 Å². The molecule has 0 aliphatic carbocycles. The maximum Gasteiger partial charge on any atom is 0.225 e. The van der Waals surface area contributed by atoms with Crippen molar-refractivity contribution in [2.75, 3.05) is 70.1 Å². The lowest BCUT2D eigenvalue weighted by atomic mass is 10.2. The number of guanidine groups is 1. The fourth-order valence-corrected chi connectivity index (χ4v) is 5.23. The molecule has 1 aromatic carbocycles. The average Bonchev–Trinajstić information content (AvgIpc) is 3.31. The summed E-state index contributed by atoms with van der Waals surface area (Å²) < 4.78 is 0. The number of piperazine rings is 1. The smallest absolute Gasteiger partial charge is 0.225 e. The number of nitrogens with one attached hydrogen (secondary N) is 1. The quantitative estimate of drug-likeness (QED) is 0.403. The Balaban J connectivity index is 1.14. The summed E-state index contributed by atoms with van der Waals surface area (Å²) in [5.74, 6) is 3.78. The van der Waals surface area contributed by atoms with E-state index in [1.807, 2.05) is 37.3 Å². The highest BCUT2D eigenvalue weighted by Gasteiger charge is 2.25. The zero-order chi connectivity index (χ0) is 21.3. The van der Waals surface area contributed by atoms with Crippen molar-refractivity contribution in [1.82, 2.24) is 25.1 Å². The van der Waals surface area contributed by atoms with Crippen molar-refractivity contribution in [1.29, 1.82) is 0 Å².